The molecule has 1 aliphatic heterocycles. The summed E-state index contributed by atoms with van der Waals surface area (Å²) in [4.78, 5) is 2.39. The van der Waals surface area contributed by atoms with Gasteiger partial charge >= 0.3 is 0 Å². The van der Waals surface area contributed by atoms with Gasteiger partial charge in [0, 0.05) is 24.9 Å². The number of nitrogens with zero attached hydrogens (tertiary/aromatic N) is 2. The van der Waals surface area contributed by atoms with Crippen molar-refractivity contribution in [3.05, 3.63) is 71.8 Å². The maximum atomic E-state index is 9.28. The summed E-state index contributed by atoms with van der Waals surface area (Å²) in [5.74, 6) is 0. The summed E-state index contributed by atoms with van der Waals surface area (Å²) in [7, 11) is 2.16. The molecule has 0 amide bonds. The van der Waals surface area contributed by atoms with E-state index in [9.17, 15) is 5.21 Å². The van der Waals surface area contributed by atoms with Crippen LogP contribution in [-0.2, 0) is 0 Å². The Bertz CT molecular complexity index is 558. The minimum Gasteiger partial charge on any atom is -0.411 e. The lowest BCUT2D eigenvalue weighted by Crippen LogP contribution is -2.37. The summed E-state index contributed by atoms with van der Waals surface area (Å²) in [6, 6.07) is 21.4. The van der Waals surface area contributed by atoms with Crippen LogP contribution in [0.2, 0.25) is 0 Å². The van der Waals surface area contributed by atoms with E-state index in [2.05, 4.69) is 65.6 Å². The molecule has 1 N–H and O–H groups in total. The summed E-state index contributed by atoms with van der Waals surface area (Å²) in [5.41, 5.74) is 3.40. The maximum Gasteiger partial charge on any atom is 0.0608 e. The first-order valence-corrected chi connectivity index (χ1v) is 7.31. The molecule has 1 fully saturated rings. The summed E-state index contributed by atoms with van der Waals surface area (Å²) in [6.45, 7) is 0. The molecular weight excluding hydrogens is 260 g/mol. The highest BCUT2D eigenvalue weighted by Gasteiger charge is 2.33. The first-order chi connectivity index (χ1) is 10.3. The van der Waals surface area contributed by atoms with Crippen LogP contribution in [0.15, 0.2) is 65.8 Å². The zero-order valence-corrected chi connectivity index (χ0v) is 12.2. The molecule has 3 rings (SSSR count). The number of likely N-dealkylation sites (tertiary alicyclic amines) is 1. The summed E-state index contributed by atoms with van der Waals surface area (Å²) < 4.78 is 0. The average molecular weight is 280 g/mol. The molecule has 3 nitrogen and oxygen atoms in total. The van der Waals surface area contributed by atoms with Crippen LogP contribution in [0.25, 0.3) is 0 Å². The molecule has 2 atom stereocenters. The zero-order valence-electron chi connectivity index (χ0n) is 12.2. The molecule has 3 heteroatoms. The fourth-order valence-electron chi connectivity index (χ4n) is 3.17. The van der Waals surface area contributed by atoms with Crippen LogP contribution in [0.3, 0.4) is 0 Å². The van der Waals surface area contributed by atoms with Gasteiger partial charge in [0.15, 0.2) is 0 Å². The summed E-state index contributed by atoms with van der Waals surface area (Å²) >= 11 is 0. The molecule has 0 spiro atoms. The smallest absolute Gasteiger partial charge is 0.0608 e. The van der Waals surface area contributed by atoms with Gasteiger partial charge in [0.05, 0.1) is 5.71 Å². The molecule has 108 valence electrons. The maximum absolute atomic E-state index is 9.28. The van der Waals surface area contributed by atoms with E-state index in [1.54, 1.807) is 0 Å². The largest absolute Gasteiger partial charge is 0.411 e. The minimum absolute atomic E-state index is 0.246. The standard InChI is InChI=1S/C18H20N2O/c1-20-17(14-8-4-2-5-9-14)12-16(19-21)13-18(20)15-10-6-3-7-11-15/h2-11,17-18,21H,12-13H2,1H3/t17-,18-/m1/s1. The Morgan fingerprint density at radius 3 is 1.67 bits per heavy atom. The van der Waals surface area contributed by atoms with E-state index in [-0.39, 0.29) is 12.1 Å². The van der Waals surface area contributed by atoms with Crippen LogP contribution in [-0.4, -0.2) is 22.9 Å². The van der Waals surface area contributed by atoms with Crippen molar-refractivity contribution in [1.29, 1.82) is 0 Å². The highest BCUT2D eigenvalue weighted by atomic mass is 16.4. The van der Waals surface area contributed by atoms with E-state index in [4.69, 9.17) is 0 Å². The number of hydrogen-bond acceptors (Lipinski definition) is 3. The first kappa shape index (κ1) is 13.8. The molecule has 2 aromatic carbocycles. The minimum atomic E-state index is 0.246. The van der Waals surface area contributed by atoms with Crippen molar-refractivity contribution in [2.75, 3.05) is 7.05 Å². The molecular formula is C18H20N2O. The lowest BCUT2D eigenvalue weighted by Gasteiger charge is -2.40. The van der Waals surface area contributed by atoms with Crippen molar-refractivity contribution in [3.8, 4) is 0 Å². The Morgan fingerprint density at radius 2 is 1.29 bits per heavy atom. The Labute approximate surface area is 125 Å². The SMILES string of the molecule is CN1[C@@H](c2ccccc2)CC(=NO)C[C@@H]1c1ccccc1. The Morgan fingerprint density at radius 1 is 0.857 bits per heavy atom. The average Bonchev–Trinajstić information content (AvgIpc) is 2.57. The van der Waals surface area contributed by atoms with E-state index in [1.807, 2.05) is 12.1 Å². The van der Waals surface area contributed by atoms with E-state index in [0.29, 0.717) is 0 Å². The highest BCUT2D eigenvalue weighted by molar-refractivity contribution is 5.86. The Hall–Kier alpha value is -2.13. The van der Waals surface area contributed by atoms with Gasteiger partial charge in [-0.2, -0.15) is 0 Å². The molecule has 21 heavy (non-hydrogen) atoms. The van der Waals surface area contributed by atoms with Crippen molar-refractivity contribution in [2.24, 2.45) is 5.16 Å². The monoisotopic (exact) mass is 280 g/mol. The second-order valence-electron chi connectivity index (χ2n) is 5.59. The first-order valence-electron chi connectivity index (χ1n) is 7.31. The molecule has 1 saturated heterocycles. The predicted molar refractivity (Wildman–Crippen MR) is 84.6 cm³/mol. The van der Waals surface area contributed by atoms with Gasteiger partial charge in [0.25, 0.3) is 0 Å². The molecule has 0 saturated carbocycles. The van der Waals surface area contributed by atoms with Gasteiger partial charge in [-0.05, 0) is 18.2 Å². The van der Waals surface area contributed by atoms with Crippen LogP contribution < -0.4 is 0 Å². The predicted octanol–water partition coefficient (Wildman–Crippen LogP) is 4.02. The van der Waals surface area contributed by atoms with E-state index >= 15 is 0 Å². The fourth-order valence-corrected chi connectivity index (χ4v) is 3.17. The van der Waals surface area contributed by atoms with Crippen molar-refractivity contribution >= 4 is 5.71 Å². The molecule has 0 radical (unpaired) electrons. The quantitative estimate of drug-likeness (QED) is 0.666. The van der Waals surface area contributed by atoms with Gasteiger partial charge in [0.1, 0.15) is 0 Å². The number of rotatable bonds is 2. The van der Waals surface area contributed by atoms with Crippen molar-refractivity contribution in [2.45, 2.75) is 24.9 Å². The lowest BCUT2D eigenvalue weighted by atomic mass is 9.87. The van der Waals surface area contributed by atoms with Crippen molar-refractivity contribution in [3.63, 3.8) is 0 Å². The Balaban J connectivity index is 1.95. The normalized spacial score (nSPS) is 23.0. The van der Waals surface area contributed by atoms with Gasteiger partial charge in [-0.3, -0.25) is 4.90 Å². The van der Waals surface area contributed by atoms with E-state index in [1.165, 1.54) is 11.1 Å². The molecule has 0 bridgehead atoms. The van der Waals surface area contributed by atoms with Crippen LogP contribution in [0, 0.1) is 0 Å². The second kappa shape index (κ2) is 6.10. The number of oxime groups is 1. The van der Waals surface area contributed by atoms with Crippen LogP contribution in [0.4, 0.5) is 0 Å². The molecule has 2 aromatic rings. The number of benzene rings is 2. The molecule has 0 aliphatic carbocycles. The molecule has 0 aromatic heterocycles. The molecule has 0 unspecified atom stereocenters. The third kappa shape index (κ3) is 2.83. The Kier molecular flexibility index (Phi) is 4.02. The van der Waals surface area contributed by atoms with E-state index < -0.39 is 0 Å². The van der Waals surface area contributed by atoms with Crippen LogP contribution >= 0.6 is 0 Å². The van der Waals surface area contributed by atoms with Gasteiger partial charge in [-0.25, -0.2) is 0 Å². The van der Waals surface area contributed by atoms with Gasteiger partial charge in [-0.1, -0.05) is 65.8 Å². The third-order valence-electron chi connectivity index (χ3n) is 4.35. The van der Waals surface area contributed by atoms with E-state index in [0.717, 1.165) is 18.6 Å². The van der Waals surface area contributed by atoms with Crippen molar-refractivity contribution in [1.82, 2.24) is 4.90 Å². The van der Waals surface area contributed by atoms with Crippen LogP contribution in [0.5, 0.6) is 0 Å². The zero-order chi connectivity index (χ0) is 14.7. The molecule has 1 aliphatic rings. The summed E-state index contributed by atoms with van der Waals surface area (Å²) in [6.07, 6.45) is 1.56. The molecule has 1 heterocycles. The summed E-state index contributed by atoms with van der Waals surface area (Å²) in [5, 5.41) is 12.8. The number of hydrogen-bond donors (Lipinski definition) is 1. The van der Waals surface area contributed by atoms with Crippen LogP contribution in [0.1, 0.15) is 36.1 Å². The second-order valence-corrected chi connectivity index (χ2v) is 5.59. The fraction of sp³-hybridized carbons (Fsp3) is 0.278. The topological polar surface area (TPSA) is 35.8 Å². The highest BCUT2D eigenvalue weighted by Crippen LogP contribution is 2.38. The lowest BCUT2D eigenvalue weighted by molar-refractivity contribution is 0.159. The van der Waals surface area contributed by atoms with Gasteiger partial charge < -0.3 is 5.21 Å². The van der Waals surface area contributed by atoms with Gasteiger partial charge in [0.2, 0.25) is 0 Å². The third-order valence-corrected chi connectivity index (χ3v) is 4.35. The number of piperidine rings is 1. The van der Waals surface area contributed by atoms with Gasteiger partial charge in [-0.15, -0.1) is 0 Å². The van der Waals surface area contributed by atoms with Crippen molar-refractivity contribution < 1.29 is 5.21 Å².